The molecule has 0 aliphatic heterocycles. The molecule has 2 rings (SSSR count). The Balaban J connectivity index is 2.38. The van der Waals surface area contributed by atoms with E-state index in [-0.39, 0.29) is 0 Å². The number of halogens is 4. The molecule has 112 valence electrons. The van der Waals surface area contributed by atoms with Gasteiger partial charge in [0.2, 0.25) is 0 Å². The van der Waals surface area contributed by atoms with E-state index in [0.29, 0.717) is 11.6 Å². The zero-order chi connectivity index (χ0) is 15.5. The van der Waals surface area contributed by atoms with Crippen molar-refractivity contribution in [1.29, 1.82) is 0 Å². The number of hydrogen-bond donors (Lipinski definition) is 1. The lowest BCUT2D eigenvalue weighted by molar-refractivity contribution is -0.137. The van der Waals surface area contributed by atoms with Crippen molar-refractivity contribution < 1.29 is 13.2 Å². The first-order valence-electron chi connectivity index (χ1n) is 6.58. The SMILES string of the molecule is CCNCc1ccc(Cl)cc1-c1ccc(C(F)(F)F)cc1. The van der Waals surface area contributed by atoms with Crippen LogP contribution in [-0.4, -0.2) is 6.54 Å². The smallest absolute Gasteiger partial charge is 0.313 e. The van der Waals surface area contributed by atoms with E-state index in [4.69, 9.17) is 11.6 Å². The standard InChI is InChI=1S/C16H15ClF3N/c1-2-21-10-12-5-8-14(17)9-15(12)11-3-6-13(7-4-11)16(18,19)20/h3-9,21H,2,10H2,1H3. The van der Waals surface area contributed by atoms with Gasteiger partial charge in [0.05, 0.1) is 5.56 Å². The largest absolute Gasteiger partial charge is 0.416 e. The third-order valence-corrected chi connectivity index (χ3v) is 3.40. The van der Waals surface area contributed by atoms with Crippen molar-refractivity contribution >= 4 is 11.6 Å². The van der Waals surface area contributed by atoms with Gasteiger partial charge in [0.25, 0.3) is 0 Å². The van der Waals surface area contributed by atoms with E-state index in [1.165, 1.54) is 12.1 Å². The molecule has 0 aliphatic rings. The molecule has 1 nitrogen and oxygen atoms in total. The van der Waals surface area contributed by atoms with Crippen LogP contribution >= 0.6 is 11.6 Å². The lowest BCUT2D eigenvalue weighted by Crippen LogP contribution is -2.12. The van der Waals surface area contributed by atoms with E-state index in [0.717, 1.165) is 35.4 Å². The lowest BCUT2D eigenvalue weighted by atomic mass is 9.98. The summed E-state index contributed by atoms with van der Waals surface area (Å²) in [6, 6.07) is 10.6. The summed E-state index contributed by atoms with van der Waals surface area (Å²) in [5, 5.41) is 3.77. The molecule has 2 aromatic carbocycles. The highest BCUT2D eigenvalue weighted by molar-refractivity contribution is 6.30. The molecule has 0 bridgehead atoms. The Morgan fingerprint density at radius 1 is 1.05 bits per heavy atom. The third kappa shape index (κ3) is 3.99. The molecule has 0 unspecified atom stereocenters. The van der Waals surface area contributed by atoms with Gasteiger partial charge in [-0.3, -0.25) is 0 Å². The maximum Gasteiger partial charge on any atom is 0.416 e. The molecular weight excluding hydrogens is 299 g/mol. The van der Waals surface area contributed by atoms with Crippen LogP contribution in [-0.2, 0) is 12.7 Å². The molecule has 0 radical (unpaired) electrons. The number of nitrogens with one attached hydrogen (secondary N) is 1. The van der Waals surface area contributed by atoms with E-state index in [2.05, 4.69) is 5.32 Å². The van der Waals surface area contributed by atoms with Gasteiger partial charge >= 0.3 is 6.18 Å². The number of hydrogen-bond acceptors (Lipinski definition) is 1. The quantitative estimate of drug-likeness (QED) is 0.824. The topological polar surface area (TPSA) is 12.0 Å². The highest BCUT2D eigenvalue weighted by atomic mass is 35.5. The van der Waals surface area contributed by atoms with Gasteiger partial charge in [-0.2, -0.15) is 13.2 Å². The molecule has 2 aromatic rings. The maximum atomic E-state index is 12.6. The van der Waals surface area contributed by atoms with Crippen molar-refractivity contribution in [3.8, 4) is 11.1 Å². The fourth-order valence-electron chi connectivity index (χ4n) is 2.07. The van der Waals surface area contributed by atoms with Crippen LogP contribution in [0.2, 0.25) is 5.02 Å². The van der Waals surface area contributed by atoms with Crippen LogP contribution in [0, 0.1) is 0 Å². The first-order valence-corrected chi connectivity index (χ1v) is 6.96. The highest BCUT2D eigenvalue weighted by Gasteiger charge is 2.30. The Hall–Kier alpha value is -1.52. The molecule has 0 atom stereocenters. The van der Waals surface area contributed by atoms with Crippen LogP contribution in [0.25, 0.3) is 11.1 Å². The summed E-state index contributed by atoms with van der Waals surface area (Å²) >= 11 is 6.00. The summed E-state index contributed by atoms with van der Waals surface area (Å²) in [5.41, 5.74) is 1.91. The molecule has 0 aliphatic carbocycles. The summed E-state index contributed by atoms with van der Waals surface area (Å²) in [6.45, 7) is 3.45. The van der Waals surface area contributed by atoms with Gasteiger partial charge in [-0.25, -0.2) is 0 Å². The van der Waals surface area contributed by atoms with Gasteiger partial charge in [0.15, 0.2) is 0 Å². The number of benzene rings is 2. The summed E-state index contributed by atoms with van der Waals surface area (Å²) in [7, 11) is 0. The van der Waals surface area contributed by atoms with Crippen molar-refractivity contribution in [3.05, 3.63) is 58.6 Å². The van der Waals surface area contributed by atoms with E-state index in [9.17, 15) is 13.2 Å². The molecule has 0 heterocycles. The Labute approximate surface area is 126 Å². The predicted octanol–water partition coefficient (Wildman–Crippen LogP) is 5.14. The van der Waals surface area contributed by atoms with Crippen molar-refractivity contribution in [3.63, 3.8) is 0 Å². The fourth-order valence-corrected chi connectivity index (χ4v) is 2.24. The minimum absolute atomic E-state index is 0.560. The van der Waals surface area contributed by atoms with Crippen LogP contribution in [0.4, 0.5) is 13.2 Å². The van der Waals surface area contributed by atoms with E-state index in [1.807, 2.05) is 13.0 Å². The molecule has 0 spiro atoms. The van der Waals surface area contributed by atoms with Gasteiger partial charge in [0, 0.05) is 11.6 Å². The Kier molecular flexibility index (Phi) is 4.91. The molecule has 0 fully saturated rings. The zero-order valence-corrected chi connectivity index (χ0v) is 12.2. The normalized spacial score (nSPS) is 11.7. The van der Waals surface area contributed by atoms with Gasteiger partial charge in [-0.05, 0) is 47.5 Å². The Morgan fingerprint density at radius 3 is 2.29 bits per heavy atom. The number of alkyl halides is 3. The minimum atomic E-state index is -4.32. The third-order valence-electron chi connectivity index (χ3n) is 3.16. The second-order valence-electron chi connectivity index (χ2n) is 4.66. The number of rotatable bonds is 4. The van der Waals surface area contributed by atoms with Crippen LogP contribution in [0.15, 0.2) is 42.5 Å². The van der Waals surface area contributed by atoms with Crippen molar-refractivity contribution in [1.82, 2.24) is 5.32 Å². The highest BCUT2D eigenvalue weighted by Crippen LogP contribution is 2.32. The van der Waals surface area contributed by atoms with Crippen molar-refractivity contribution in [2.45, 2.75) is 19.6 Å². The second kappa shape index (κ2) is 6.50. The van der Waals surface area contributed by atoms with Crippen LogP contribution in [0.1, 0.15) is 18.1 Å². The molecule has 21 heavy (non-hydrogen) atoms. The Morgan fingerprint density at radius 2 is 1.71 bits per heavy atom. The summed E-state index contributed by atoms with van der Waals surface area (Å²) in [6.07, 6.45) is -4.32. The average Bonchev–Trinajstić information content (AvgIpc) is 2.45. The molecule has 0 saturated heterocycles. The fraction of sp³-hybridized carbons (Fsp3) is 0.250. The maximum absolute atomic E-state index is 12.6. The summed E-state index contributed by atoms with van der Waals surface area (Å²) in [5.74, 6) is 0. The van der Waals surface area contributed by atoms with Crippen LogP contribution < -0.4 is 5.32 Å². The predicted molar refractivity (Wildman–Crippen MR) is 79.3 cm³/mol. The van der Waals surface area contributed by atoms with E-state index >= 15 is 0 Å². The minimum Gasteiger partial charge on any atom is -0.313 e. The van der Waals surface area contributed by atoms with Gasteiger partial charge in [0.1, 0.15) is 0 Å². The van der Waals surface area contributed by atoms with Crippen LogP contribution in [0.3, 0.4) is 0 Å². The summed E-state index contributed by atoms with van der Waals surface area (Å²) in [4.78, 5) is 0. The molecule has 0 aromatic heterocycles. The molecule has 5 heteroatoms. The van der Waals surface area contributed by atoms with Crippen molar-refractivity contribution in [2.24, 2.45) is 0 Å². The molecule has 1 N–H and O–H groups in total. The van der Waals surface area contributed by atoms with Gasteiger partial charge < -0.3 is 5.32 Å². The first kappa shape index (κ1) is 15.9. The zero-order valence-electron chi connectivity index (χ0n) is 11.5. The average molecular weight is 314 g/mol. The molecular formula is C16H15ClF3N. The summed E-state index contributed by atoms with van der Waals surface area (Å²) < 4.78 is 37.8. The van der Waals surface area contributed by atoms with E-state index in [1.54, 1.807) is 12.1 Å². The molecule has 0 saturated carbocycles. The second-order valence-corrected chi connectivity index (χ2v) is 5.09. The van der Waals surface area contributed by atoms with Gasteiger partial charge in [-0.15, -0.1) is 0 Å². The van der Waals surface area contributed by atoms with Gasteiger partial charge in [-0.1, -0.05) is 36.7 Å². The molecule has 0 amide bonds. The first-order chi connectivity index (χ1) is 9.91. The van der Waals surface area contributed by atoms with E-state index < -0.39 is 11.7 Å². The van der Waals surface area contributed by atoms with Crippen molar-refractivity contribution in [2.75, 3.05) is 6.54 Å². The Bertz CT molecular complexity index is 606. The lowest BCUT2D eigenvalue weighted by Gasteiger charge is -2.12. The monoisotopic (exact) mass is 313 g/mol. The van der Waals surface area contributed by atoms with Crippen LogP contribution in [0.5, 0.6) is 0 Å².